The first kappa shape index (κ1) is 18.7. The molecule has 3 heterocycles. The van der Waals surface area contributed by atoms with Gasteiger partial charge in [-0.3, -0.25) is 0 Å². The maximum Gasteiger partial charge on any atom is 0.159 e. The van der Waals surface area contributed by atoms with Gasteiger partial charge in [-0.25, -0.2) is 18.9 Å². The van der Waals surface area contributed by atoms with Crippen molar-refractivity contribution in [2.24, 2.45) is 10.9 Å². The van der Waals surface area contributed by atoms with Gasteiger partial charge in [-0.1, -0.05) is 18.5 Å². The number of aromatic nitrogens is 4. The third kappa shape index (κ3) is 3.87. The second kappa shape index (κ2) is 7.67. The van der Waals surface area contributed by atoms with Gasteiger partial charge >= 0.3 is 0 Å². The zero-order valence-electron chi connectivity index (χ0n) is 14.6. The molecule has 0 spiro atoms. The SMILES string of the molecule is CC(=N)/C(=N\N)c1cc(OCC(C)c2ncc(F)cn2)c2c(Cl)cnn2c1. The Morgan fingerprint density at radius 1 is 1.41 bits per heavy atom. The van der Waals surface area contributed by atoms with E-state index >= 15 is 0 Å². The topological polar surface area (TPSA) is 115 Å². The Morgan fingerprint density at radius 2 is 2.11 bits per heavy atom. The molecule has 1 atom stereocenters. The number of halogens is 2. The van der Waals surface area contributed by atoms with E-state index in [1.165, 1.54) is 6.20 Å². The molecular weight excluding hydrogens is 373 g/mol. The van der Waals surface area contributed by atoms with Crippen molar-refractivity contribution < 1.29 is 9.13 Å². The van der Waals surface area contributed by atoms with Crippen molar-refractivity contribution in [3.05, 3.63) is 53.1 Å². The standard InChI is InChI=1S/C17H17ClFN7O/c1-9(17-22-4-12(19)5-23-17)8-27-14-3-11(15(25-21)10(2)20)7-26-16(14)13(18)6-24-26/h3-7,9,20H,8,21H2,1-2H3/b20-10?,25-15+. The van der Waals surface area contributed by atoms with Crippen molar-refractivity contribution >= 4 is 28.5 Å². The van der Waals surface area contributed by atoms with Crippen molar-refractivity contribution in [1.29, 1.82) is 5.41 Å². The number of nitrogens with zero attached hydrogens (tertiary/aromatic N) is 5. The average molecular weight is 390 g/mol. The quantitative estimate of drug-likeness (QED) is 0.382. The van der Waals surface area contributed by atoms with E-state index in [2.05, 4.69) is 20.2 Å². The van der Waals surface area contributed by atoms with E-state index in [-0.39, 0.29) is 18.2 Å². The molecule has 0 radical (unpaired) electrons. The summed E-state index contributed by atoms with van der Waals surface area (Å²) in [5.41, 5.74) is 1.65. The lowest BCUT2D eigenvalue weighted by molar-refractivity contribution is 0.293. The molecule has 0 aliphatic rings. The van der Waals surface area contributed by atoms with Gasteiger partial charge in [0.15, 0.2) is 5.82 Å². The monoisotopic (exact) mass is 389 g/mol. The lowest BCUT2D eigenvalue weighted by Crippen LogP contribution is -2.15. The fraction of sp³-hybridized carbons (Fsp3) is 0.235. The number of hydrazone groups is 1. The van der Waals surface area contributed by atoms with Gasteiger partial charge in [0.25, 0.3) is 0 Å². The van der Waals surface area contributed by atoms with Crippen LogP contribution in [0.5, 0.6) is 5.75 Å². The summed E-state index contributed by atoms with van der Waals surface area (Å²) in [6.07, 6.45) is 5.39. The highest BCUT2D eigenvalue weighted by Crippen LogP contribution is 2.29. The number of hydrogen-bond acceptors (Lipinski definition) is 7. The molecule has 1 unspecified atom stereocenters. The third-order valence-corrected chi connectivity index (χ3v) is 4.14. The van der Waals surface area contributed by atoms with Crippen LogP contribution in [0.3, 0.4) is 0 Å². The normalized spacial score (nSPS) is 13.0. The summed E-state index contributed by atoms with van der Waals surface area (Å²) in [7, 11) is 0. The van der Waals surface area contributed by atoms with Crippen LogP contribution in [0.4, 0.5) is 4.39 Å². The first-order valence-electron chi connectivity index (χ1n) is 8.01. The van der Waals surface area contributed by atoms with Crippen LogP contribution in [0.1, 0.15) is 31.2 Å². The fourth-order valence-corrected chi connectivity index (χ4v) is 2.77. The van der Waals surface area contributed by atoms with Crippen molar-refractivity contribution in [2.75, 3.05) is 6.61 Å². The van der Waals surface area contributed by atoms with E-state index in [0.29, 0.717) is 33.4 Å². The summed E-state index contributed by atoms with van der Waals surface area (Å²) in [4.78, 5) is 7.94. The van der Waals surface area contributed by atoms with E-state index in [1.54, 1.807) is 23.7 Å². The van der Waals surface area contributed by atoms with Crippen LogP contribution < -0.4 is 10.6 Å². The zero-order valence-corrected chi connectivity index (χ0v) is 15.4. The van der Waals surface area contributed by atoms with Crippen LogP contribution >= 0.6 is 11.6 Å². The Bertz CT molecular complexity index is 1020. The molecule has 0 saturated carbocycles. The van der Waals surface area contributed by atoms with Gasteiger partial charge < -0.3 is 16.0 Å². The van der Waals surface area contributed by atoms with Crippen molar-refractivity contribution in [3.8, 4) is 5.75 Å². The predicted octanol–water partition coefficient (Wildman–Crippen LogP) is 2.80. The summed E-state index contributed by atoms with van der Waals surface area (Å²) in [6.45, 7) is 3.67. The van der Waals surface area contributed by atoms with E-state index in [4.69, 9.17) is 27.6 Å². The molecule has 27 heavy (non-hydrogen) atoms. The van der Waals surface area contributed by atoms with Gasteiger partial charge in [-0.05, 0) is 13.0 Å². The van der Waals surface area contributed by atoms with Gasteiger partial charge in [0, 0.05) is 11.8 Å². The number of ether oxygens (including phenoxy) is 1. The minimum Gasteiger partial charge on any atom is -0.490 e. The Hall–Kier alpha value is -3.07. The van der Waals surface area contributed by atoms with Crippen molar-refractivity contribution in [3.63, 3.8) is 0 Å². The van der Waals surface area contributed by atoms with Gasteiger partial charge in [0.1, 0.15) is 22.8 Å². The maximum atomic E-state index is 13.0. The first-order valence-corrected chi connectivity index (χ1v) is 8.39. The molecule has 0 bridgehead atoms. The lowest BCUT2D eigenvalue weighted by atomic mass is 10.1. The Morgan fingerprint density at radius 3 is 2.74 bits per heavy atom. The smallest absolute Gasteiger partial charge is 0.159 e. The summed E-state index contributed by atoms with van der Waals surface area (Å²) >= 11 is 6.23. The van der Waals surface area contributed by atoms with E-state index in [0.717, 1.165) is 12.4 Å². The molecule has 0 fully saturated rings. The predicted molar refractivity (Wildman–Crippen MR) is 100 cm³/mol. The number of rotatable bonds is 6. The Labute approximate surface area is 159 Å². The van der Waals surface area contributed by atoms with Crippen molar-refractivity contribution in [1.82, 2.24) is 19.6 Å². The number of fused-ring (bicyclic) bond motifs is 1. The van der Waals surface area contributed by atoms with Crippen molar-refractivity contribution in [2.45, 2.75) is 19.8 Å². The van der Waals surface area contributed by atoms with Crippen LogP contribution in [0.15, 0.2) is 36.0 Å². The highest BCUT2D eigenvalue weighted by molar-refractivity contribution is 6.46. The minimum absolute atomic E-state index is 0.192. The molecule has 10 heteroatoms. The largest absolute Gasteiger partial charge is 0.490 e. The van der Waals surface area contributed by atoms with Gasteiger partial charge in [-0.15, -0.1) is 0 Å². The van der Waals surface area contributed by atoms with Crippen LogP contribution in [0, 0.1) is 11.2 Å². The molecule has 0 aliphatic heterocycles. The highest BCUT2D eigenvalue weighted by Gasteiger charge is 2.17. The number of hydrogen-bond donors (Lipinski definition) is 2. The molecule has 3 N–H and O–H groups in total. The maximum absolute atomic E-state index is 13.0. The average Bonchev–Trinajstić information content (AvgIpc) is 3.01. The summed E-state index contributed by atoms with van der Waals surface area (Å²) < 4.78 is 20.5. The van der Waals surface area contributed by atoms with Crippen LogP contribution in [0.25, 0.3) is 5.52 Å². The number of pyridine rings is 1. The van der Waals surface area contributed by atoms with E-state index in [1.807, 2.05) is 6.92 Å². The number of nitrogens with one attached hydrogen (secondary N) is 1. The van der Waals surface area contributed by atoms with Gasteiger partial charge in [-0.2, -0.15) is 10.2 Å². The lowest BCUT2D eigenvalue weighted by Gasteiger charge is -2.14. The third-order valence-electron chi connectivity index (χ3n) is 3.86. The Balaban J connectivity index is 1.93. The van der Waals surface area contributed by atoms with E-state index < -0.39 is 5.82 Å². The van der Waals surface area contributed by atoms with Crippen LogP contribution in [-0.2, 0) is 0 Å². The molecular formula is C17H17ClFN7O. The molecule has 3 aromatic rings. The second-order valence-corrected chi connectivity index (χ2v) is 6.36. The van der Waals surface area contributed by atoms with Crippen LogP contribution in [-0.4, -0.2) is 37.6 Å². The molecule has 0 amide bonds. The molecule has 3 rings (SSSR count). The number of nitrogens with two attached hydrogens (primary N) is 1. The summed E-state index contributed by atoms with van der Waals surface area (Å²) in [5, 5.41) is 16.1. The Kier molecular flexibility index (Phi) is 5.31. The molecule has 3 aromatic heterocycles. The second-order valence-electron chi connectivity index (χ2n) is 5.95. The zero-order chi connectivity index (χ0) is 19.6. The first-order chi connectivity index (χ1) is 12.9. The summed E-state index contributed by atoms with van der Waals surface area (Å²) in [6, 6.07) is 1.70. The minimum atomic E-state index is -0.497. The van der Waals surface area contributed by atoms with Gasteiger partial charge in [0.05, 0.1) is 41.8 Å². The van der Waals surface area contributed by atoms with E-state index in [9.17, 15) is 4.39 Å². The molecule has 0 aliphatic carbocycles. The van der Waals surface area contributed by atoms with Crippen LogP contribution in [0.2, 0.25) is 5.02 Å². The van der Waals surface area contributed by atoms with Gasteiger partial charge in [0.2, 0.25) is 0 Å². The molecule has 8 nitrogen and oxygen atoms in total. The molecule has 140 valence electrons. The molecule has 0 saturated heterocycles. The fourth-order valence-electron chi connectivity index (χ4n) is 2.54. The highest BCUT2D eigenvalue weighted by atomic mass is 35.5. The summed E-state index contributed by atoms with van der Waals surface area (Å²) in [5.74, 6) is 5.64. The molecule has 0 aromatic carbocycles.